The number of nitrogens with zero attached hydrogens (tertiary/aromatic N) is 1. The Bertz CT molecular complexity index is 715. The minimum Gasteiger partial charge on any atom is -0.461 e. The second-order valence-electron chi connectivity index (χ2n) is 5.16. The second kappa shape index (κ2) is 8.43. The molecule has 2 rings (SSSR count). The van der Waals surface area contributed by atoms with Crippen LogP contribution in [0.15, 0.2) is 54.7 Å². The molecule has 0 bridgehead atoms. The minimum atomic E-state index is -3.27. The van der Waals surface area contributed by atoms with E-state index in [0.29, 0.717) is 5.69 Å². The molecule has 0 radical (unpaired) electrons. The van der Waals surface area contributed by atoms with Gasteiger partial charge < -0.3 is 4.74 Å². The average Bonchev–Trinajstić information content (AvgIpc) is 2.54. The van der Waals surface area contributed by atoms with E-state index in [4.69, 9.17) is 4.74 Å². The molecule has 1 aromatic carbocycles. The van der Waals surface area contributed by atoms with E-state index in [-0.39, 0.29) is 36.9 Å². The molecule has 1 heterocycles. The monoisotopic (exact) mass is 333 g/mol. The van der Waals surface area contributed by atoms with E-state index in [1.165, 1.54) is 0 Å². The third-order valence-corrected chi connectivity index (χ3v) is 4.82. The van der Waals surface area contributed by atoms with Gasteiger partial charge in [-0.3, -0.25) is 9.78 Å². The Labute approximate surface area is 136 Å². The number of sulfone groups is 1. The van der Waals surface area contributed by atoms with E-state index in [9.17, 15) is 13.2 Å². The zero-order valence-corrected chi connectivity index (χ0v) is 13.5. The van der Waals surface area contributed by atoms with Crippen molar-refractivity contribution in [1.82, 2.24) is 4.98 Å². The van der Waals surface area contributed by atoms with Crippen LogP contribution in [0.5, 0.6) is 0 Å². The van der Waals surface area contributed by atoms with Crippen LogP contribution < -0.4 is 0 Å². The van der Waals surface area contributed by atoms with E-state index in [1.54, 1.807) is 24.4 Å². The van der Waals surface area contributed by atoms with Crippen LogP contribution in [0.25, 0.3) is 0 Å². The van der Waals surface area contributed by atoms with Crippen LogP contribution >= 0.6 is 0 Å². The third kappa shape index (κ3) is 6.61. The lowest BCUT2D eigenvalue weighted by atomic mass is 10.2. The fourth-order valence-corrected chi connectivity index (χ4v) is 3.38. The van der Waals surface area contributed by atoms with Gasteiger partial charge in [-0.05, 0) is 24.1 Å². The zero-order chi connectivity index (χ0) is 16.5. The molecule has 0 aliphatic rings. The summed E-state index contributed by atoms with van der Waals surface area (Å²) >= 11 is 0. The molecule has 122 valence electrons. The number of hydrogen-bond acceptors (Lipinski definition) is 5. The van der Waals surface area contributed by atoms with Crippen molar-refractivity contribution in [3.63, 3.8) is 0 Å². The Morgan fingerprint density at radius 3 is 2.48 bits per heavy atom. The van der Waals surface area contributed by atoms with Crippen molar-refractivity contribution in [3.8, 4) is 0 Å². The number of carbonyl (C=O) groups is 1. The summed E-state index contributed by atoms with van der Waals surface area (Å²) in [6.45, 7) is 0.209. The number of esters is 1. The van der Waals surface area contributed by atoms with Gasteiger partial charge in [0.1, 0.15) is 6.61 Å². The second-order valence-corrected chi connectivity index (χ2v) is 7.35. The largest absolute Gasteiger partial charge is 0.461 e. The summed E-state index contributed by atoms with van der Waals surface area (Å²) in [5.41, 5.74) is 1.42. The summed E-state index contributed by atoms with van der Waals surface area (Å²) in [6, 6.07) is 14.5. The molecule has 0 amide bonds. The van der Waals surface area contributed by atoms with Gasteiger partial charge >= 0.3 is 5.97 Å². The van der Waals surface area contributed by atoms with Crippen molar-refractivity contribution in [2.45, 2.75) is 25.2 Å². The molecule has 0 fully saturated rings. The first-order valence-electron chi connectivity index (χ1n) is 7.35. The van der Waals surface area contributed by atoms with Crippen molar-refractivity contribution in [3.05, 3.63) is 66.0 Å². The van der Waals surface area contributed by atoms with Crippen LogP contribution in [0, 0.1) is 0 Å². The number of benzene rings is 1. The van der Waals surface area contributed by atoms with Crippen LogP contribution in [0.1, 0.15) is 24.1 Å². The summed E-state index contributed by atoms with van der Waals surface area (Å²) < 4.78 is 29.1. The highest BCUT2D eigenvalue weighted by atomic mass is 32.2. The highest BCUT2D eigenvalue weighted by Gasteiger charge is 2.14. The van der Waals surface area contributed by atoms with Crippen LogP contribution in [0.4, 0.5) is 0 Å². The molecule has 2 aromatic rings. The van der Waals surface area contributed by atoms with Gasteiger partial charge in [-0.2, -0.15) is 0 Å². The van der Waals surface area contributed by atoms with Crippen molar-refractivity contribution in [1.29, 1.82) is 0 Å². The molecule has 23 heavy (non-hydrogen) atoms. The highest BCUT2D eigenvalue weighted by Crippen LogP contribution is 2.07. The molecule has 0 saturated heterocycles. The Balaban J connectivity index is 1.70. The van der Waals surface area contributed by atoms with Crippen molar-refractivity contribution < 1.29 is 17.9 Å². The number of carbonyl (C=O) groups excluding carboxylic acids is 1. The average molecular weight is 333 g/mol. The molecule has 0 atom stereocenters. The maximum atomic E-state index is 12.0. The predicted molar refractivity (Wildman–Crippen MR) is 87.2 cm³/mol. The quantitative estimate of drug-likeness (QED) is 0.694. The molecule has 0 aliphatic heterocycles. The van der Waals surface area contributed by atoms with E-state index in [2.05, 4.69) is 4.98 Å². The Morgan fingerprint density at radius 1 is 1.04 bits per heavy atom. The number of aromatic nitrogens is 1. The van der Waals surface area contributed by atoms with E-state index >= 15 is 0 Å². The van der Waals surface area contributed by atoms with Crippen LogP contribution in [0.2, 0.25) is 0 Å². The standard InChI is InChI=1S/C17H19NO4S/c19-17(22-13-15-7-2-1-3-8-15)10-6-12-23(20,21)14-16-9-4-5-11-18-16/h1-5,7-9,11H,6,10,12-14H2. The molecule has 0 N–H and O–H groups in total. The number of pyridine rings is 1. The normalized spacial score (nSPS) is 11.1. The topological polar surface area (TPSA) is 73.3 Å². The Morgan fingerprint density at radius 2 is 1.78 bits per heavy atom. The molecule has 1 aromatic heterocycles. The highest BCUT2D eigenvalue weighted by molar-refractivity contribution is 7.90. The lowest BCUT2D eigenvalue weighted by Crippen LogP contribution is -2.12. The van der Waals surface area contributed by atoms with Gasteiger partial charge in [0.15, 0.2) is 9.84 Å². The first-order valence-corrected chi connectivity index (χ1v) is 9.17. The molecule has 0 spiro atoms. The van der Waals surface area contributed by atoms with Crippen LogP contribution in [0.3, 0.4) is 0 Å². The smallest absolute Gasteiger partial charge is 0.306 e. The molecular formula is C17H19NO4S. The molecular weight excluding hydrogens is 314 g/mol. The first-order chi connectivity index (χ1) is 11.1. The molecule has 0 aliphatic carbocycles. The SMILES string of the molecule is O=C(CCCS(=O)(=O)Cc1ccccn1)OCc1ccccc1. The van der Waals surface area contributed by atoms with Gasteiger partial charge in [-0.25, -0.2) is 8.42 Å². The zero-order valence-electron chi connectivity index (χ0n) is 12.7. The number of ether oxygens (including phenoxy) is 1. The maximum Gasteiger partial charge on any atom is 0.306 e. The van der Waals surface area contributed by atoms with E-state index < -0.39 is 9.84 Å². The molecule has 0 unspecified atom stereocenters. The Kier molecular flexibility index (Phi) is 6.29. The molecule has 6 heteroatoms. The van der Waals surface area contributed by atoms with Gasteiger partial charge in [0.05, 0.1) is 17.2 Å². The summed E-state index contributed by atoms with van der Waals surface area (Å²) in [7, 11) is -3.27. The number of hydrogen-bond donors (Lipinski definition) is 0. The maximum absolute atomic E-state index is 12.0. The molecule has 0 saturated carbocycles. The molecule has 5 nitrogen and oxygen atoms in total. The third-order valence-electron chi connectivity index (χ3n) is 3.17. The predicted octanol–water partition coefficient (Wildman–Crippen LogP) is 2.52. The van der Waals surface area contributed by atoms with E-state index in [0.717, 1.165) is 5.56 Å². The lowest BCUT2D eigenvalue weighted by Gasteiger charge is -2.06. The van der Waals surface area contributed by atoms with Crippen LogP contribution in [-0.2, 0) is 31.7 Å². The summed E-state index contributed by atoms with van der Waals surface area (Å²) in [5, 5.41) is 0. The van der Waals surface area contributed by atoms with E-state index in [1.807, 2.05) is 30.3 Å². The van der Waals surface area contributed by atoms with Gasteiger partial charge in [-0.15, -0.1) is 0 Å². The lowest BCUT2D eigenvalue weighted by molar-refractivity contribution is -0.144. The summed E-state index contributed by atoms with van der Waals surface area (Å²) in [4.78, 5) is 15.6. The van der Waals surface area contributed by atoms with Crippen molar-refractivity contribution in [2.24, 2.45) is 0 Å². The number of rotatable bonds is 8. The van der Waals surface area contributed by atoms with Gasteiger partial charge in [0.2, 0.25) is 0 Å². The summed E-state index contributed by atoms with van der Waals surface area (Å²) in [5.74, 6) is -0.543. The Hall–Kier alpha value is -2.21. The summed E-state index contributed by atoms with van der Waals surface area (Å²) in [6.07, 6.45) is 1.91. The first kappa shape index (κ1) is 17.1. The minimum absolute atomic E-state index is 0.0516. The van der Waals surface area contributed by atoms with Gasteiger partial charge in [-0.1, -0.05) is 36.4 Å². The fraction of sp³-hybridized carbons (Fsp3) is 0.294. The van der Waals surface area contributed by atoms with Crippen molar-refractivity contribution >= 4 is 15.8 Å². The fourth-order valence-electron chi connectivity index (χ4n) is 2.03. The van der Waals surface area contributed by atoms with Crippen molar-refractivity contribution in [2.75, 3.05) is 5.75 Å². The van der Waals surface area contributed by atoms with Crippen LogP contribution in [-0.4, -0.2) is 25.1 Å². The van der Waals surface area contributed by atoms with Gasteiger partial charge in [0, 0.05) is 12.6 Å². The van der Waals surface area contributed by atoms with Gasteiger partial charge in [0.25, 0.3) is 0 Å².